The first-order chi connectivity index (χ1) is 16.3. The van der Waals surface area contributed by atoms with Gasteiger partial charge in [-0.2, -0.15) is 0 Å². The smallest absolute Gasteiger partial charge is 0.408 e. The highest BCUT2D eigenvalue weighted by Gasteiger charge is 2.35. The number of unbranched alkanes of at least 4 members (excludes halogenated alkanes) is 1. The summed E-state index contributed by atoms with van der Waals surface area (Å²) in [5, 5.41) is 5.61. The van der Waals surface area contributed by atoms with Gasteiger partial charge >= 0.3 is 6.09 Å². The minimum Gasteiger partial charge on any atom is -0.444 e. The van der Waals surface area contributed by atoms with Gasteiger partial charge in [-0.3, -0.25) is 9.59 Å². The van der Waals surface area contributed by atoms with Crippen LogP contribution >= 0.6 is 0 Å². The molecule has 1 aromatic carbocycles. The minimum absolute atomic E-state index is 0.200. The molecule has 7 nitrogen and oxygen atoms in total. The zero-order valence-corrected chi connectivity index (χ0v) is 23.3. The summed E-state index contributed by atoms with van der Waals surface area (Å²) in [5.74, 6) is -0.0512. The highest BCUT2D eigenvalue weighted by Crippen LogP contribution is 2.29. The van der Waals surface area contributed by atoms with E-state index in [1.54, 1.807) is 25.7 Å². The molecule has 0 aromatic heterocycles. The summed E-state index contributed by atoms with van der Waals surface area (Å²) in [5.41, 5.74) is 2.10. The molecular weight excluding hydrogens is 442 g/mol. The third kappa shape index (κ3) is 10.7. The molecule has 0 fully saturated rings. The maximum Gasteiger partial charge on any atom is 0.408 e. The van der Waals surface area contributed by atoms with Crippen LogP contribution in [-0.2, 0) is 14.3 Å². The van der Waals surface area contributed by atoms with Gasteiger partial charge in [0, 0.05) is 12.6 Å². The Kier molecular flexibility index (Phi) is 12.3. The summed E-state index contributed by atoms with van der Waals surface area (Å²) >= 11 is 0. The van der Waals surface area contributed by atoms with Gasteiger partial charge in [0.05, 0.1) is 0 Å². The fourth-order valence-electron chi connectivity index (χ4n) is 3.87. The zero-order chi connectivity index (χ0) is 26.8. The lowest BCUT2D eigenvalue weighted by Gasteiger charge is -2.37. The van der Waals surface area contributed by atoms with Gasteiger partial charge < -0.3 is 20.3 Å². The molecule has 1 rings (SSSR count). The summed E-state index contributed by atoms with van der Waals surface area (Å²) < 4.78 is 5.30. The van der Waals surface area contributed by atoms with E-state index < -0.39 is 17.7 Å². The Hall–Kier alpha value is -2.57. The highest BCUT2D eigenvalue weighted by molar-refractivity contribution is 5.91. The van der Waals surface area contributed by atoms with Crippen molar-refractivity contribution in [1.29, 1.82) is 0 Å². The molecule has 35 heavy (non-hydrogen) atoms. The van der Waals surface area contributed by atoms with Crippen molar-refractivity contribution in [1.82, 2.24) is 15.5 Å². The Balaban J connectivity index is 3.38. The number of ether oxygens (including phenoxy) is 1. The second kappa shape index (κ2) is 14.1. The quantitative estimate of drug-likeness (QED) is 0.383. The van der Waals surface area contributed by atoms with Crippen LogP contribution in [0.5, 0.6) is 0 Å². The number of hydrogen-bond acceptors (Lipinski definition) is 4. The Bertz CT molecular complexity index is 845. The third-order valence-corrected chi connectivity index (χ3v) is 5.79. The topological polar surface area (TPSA) is 87.7 Å². The van der Waals surface area contributed by atoms with Crippen LogP contribution in [0.4, 0.5) is 4.79 Å². The van der Waals surface area contributed by atoms with E-state index in [-0.39, 0.29) is 24.4 Å². The third-order valence-electron chi connectivity index (χ3n) is 5.79. The van der Waals surface area contributed by atoms with Crippen molar-refractivity contribution >= 4 is 17.9 Å². The van der Waals surface area contributed by atoms with Crippen molar-refractivity contribution in [3.8, 4) is 0 Å². The molecule has 7 heteroatoms. The van der Waals surface area contributed by atoms with E-state index in [1.807, 2.05) is 39.0 Å². The zero-order valence-electron chi connectivity index (χ0n) is 23.3. The average molecular weight is 490 g/mol. The van der Waals surface area contributed by atoms with Gasteiger partial charge in [-0.05, 0) is 77.8 Å². The van der Waals surface area contributed by atoms with Crippen LogP contribution in [0.3, 0.4) is 0 Å². The van der Waals surface area contributed by atoms with Crippen LogP contribution in [0.1, 0.15) is 96.9 Å². The van der Waals surface area contributed by atoms with E-state index in [2.05, 4.69) is 31.4 Å². The predicted molar refractivity (Wildman–Crippen MR) is 141 cm³/mol. The molecule has 3 amide bonds. The van der Waals surface area contributed by atoms with Crippen LogP contribution in [-0.4, -0.2) is 47.5 Å². The SMILES string of the molecule is CCCCNC(=O)C(c1cc(C)ccc1C)N(C(=O)CNC(=O)OC(C)(C)C)C(C)CCC(C)C. The molecule has 198 valence electrons. The number of alkyl carbamates (subject to hydrolysis) is 1. The molecule has 0 saturated heterocycles. The second-order valence-electron chi connectivity index (χ2n) is 10.9. The van der Waals surface area contributed by atoms with E-state index in [9.17, 15) is 14.4 Å². The number of rotatable bonds is 12. The van der Waals surface area contributed by atoms with E-state index in [0.29, 0.717) is 12.5 Å². The number of carbonyl (C=O) groups is 3. The molecule has 0 aliphatic rings. The average Bonchev–Trinajstić information content (AvgIpc) is 2.74. The first-order valence-corrected chi connectivity index (χ1v) is 12.9. The number of carbonyl (C=O) groups excluding carboxylic acids is 3. The molecule has 0 saturated carbocycles. The van der Waals surface area contributed by atoms with Crippen LogP contribution < -0.4 is 10.6 Å². The first-order valence-electron chi connectivity index (χ1n) is 12.9. The summed E-state index contributed by atoms with van der Waals surface area (Å²) in [7, 11) is 0. The highest BCUT2D eigenvalue weighted by atomic mass is 16.6. The Morgan fingerprint density at radius 3 is 2.26 bits per heavy atom. The largest absolute Gasteiger partial charge is 0.444 e. The van der Waals surface area contributed by atoms with Crippen molar-refractivity contribution < 1.29 is 19.1 Å². The number of nitrogens with zero attached hydrogens (tertiary/aromatic N) is 1. The Morgan fingerprint density at radius 1 is 1.03 bits per heavy atom. The van der Waals surface area contributed by atoms with Crippen LogP contribution in [0.2, 0.25) is 0 Å². The summed E-state index contributed by atoms with van der Waals surface area (Å²) in [6, 6.07) is 4.98. The molecule has 2 unspecified atom stereocenters. The van der Waals surface area contributed by atoms with Gasteiger partial charge in [0.2, 0.25) is 11.8 Å². The standard InChI is InChI=1S/C28H47N3O4/c1-10-11-16-29-26(33)25(23-17-20(4)13-14-21(23)5)31(22(6)15-12-19(2)3)24(32)18-30-27(34)35-28(7,8)9/h13-14,17,19,22,25H,10-12,15-16,18H2,1-9H3,(H,29,33)(H,30,34). The fraction of sp³-hybridized carbons (Fsp3) is 0.679. The Morgan fingerprint density at radius 2 is 1.69 bits per heavy atom. The number of hydrogen-bond donors (Lipinski definition) is 2. The van der Waals surface area contributed by atoms with E-state index in [1.165, 1.54) is 0 Å². The van der Waals surface area contributed by atoms with Crippen LogP contribution in [0, 0.1) is 19.8 Å². The maximum atomic E-state index is 13.6. The molecular formula is C28H47N3O4. The van der Waals surface area contributed by atoms with Gasteiger partial charge in [0.15, 0.2) is 0 Å². The van der Waals surface area contributed by atoms with E-state index >= 15 is 0 Å². The van der Waals surface area contributed by atoms with Gasteiger partial charge in [0.25, 0.3) is 0 Å². The second-order valence-corrected chi connectivity index (χ2v) is 10.9. The predicted octanol–water partition coefficient (Wildman–Crippen LogP) is 5.44. The molecule has 0 heterocycles. The minimum atomic E-state index is -0.790. The van der Waals surface area contributed by atoms with Gasteiger partial charge in [-0.1, -0.05) is 51.0 Å². The maximum absolute atomic E-state index is 13.6. The van der Waals surface area contributed by atoms with Crippen molar-refractivity contribution in [2.45, 2.75) is 106 Å². The van der Waals surface area contributed by atoms with E-state index in [4.69, 9.17) is 4.74 Å². The van der Waals surface area contributed by atoms with Gasteiger partial charge in [-0.25, -0.2) is 4.79 Å². The van der Waals surface area contributed by atoms with Gasteiger partial charge in [0.1, 0.15) is 18.2 Å². The van der Waals surface area contributed by atoms with Crippen molar-refractivity contribution in [3.05, 3.63) is 34.9 Å². The van der Waals surface area contributed by atoms with Crippen molar-refractivity contribution in [2.75, 3.05) is 13.1 Å². The monoisotopic (exact) mass is 489 g/mol. The number of amides is 3. The number of nitrogens with one attached hydrogen (secondary N) is 2. The summed E-state index contributed by atoms with van der Waals surface area (Å²) in [4.78, 5) is 41.1. The van der Waals surface area contributed by atoms with Crippen molar-refractivity contribution in [2.24, 2.45) is 5.92 Å². The Labute approximate surface area is 212 Å². The number of aryl methyl sites for hydroxylation is 2. The van der Waals surface area contributed by atoms with Crippen LogP contribution in [0.25, 0.3) is 0 Å². The fourth-order valence-corrected chi connectivity index (χ4v) is 3.87. The molecule has 2 atom stereocenters. The molecule has 0 bridgehead atoms. The molecule has 2 N–H and O–H groups in total. The first kappa shape index (κ1) is 30.5. The summed E-state index contributed by atoms with van der Waals surface area (Å²) in [6.45, 7) is 17.9. The number of benzene rings is 1. The molecule has 0 aliphatic carbocycles. The lowest BCUT2D eigenvalue weighted by molar-refractivity contribution is -0.142. The molecule has 0 spiro atoms. The lowest BCUT2D eigenvalue weighted by atomic mass is 9.94. The lowest BCUT2D eigenvalue weighted by Crippen LogP contribution is -2.51. The van der Waals surface area contributed by atoms with Crippen molar-refractivity contribution in [3.63, 3.8) is 0 Å². The molecule has 0 radical (unpaired) electrons. The van der Waals surface area contributed by atoms with Crippen LogP contribution in [0.15, 0.2) is 18.2 Å². The van der Waals surface area contributed by atoms with Gasteiger partial charge in [-0.15, -0.1) is 0 Å². The molecule has 1 aromatic rings. The van der Waals surface area contributed by atoms with E-state index in [0.717, 1.165) is 42.4 Å². The summed E-state index contributed by atoms with van der Waals surface area (Å²) in [6.07, 6.45) is 2.83. The molecule has 0 aliphatic heterocycles. The normalized spacial score (nSPS) is 13.2.